The molecule has 3 heteroatoms. The summed E-state index contributed by atoms with van der Waals surface area (Å²) in [7, 11) is 0. The summed E-state index contributed by atoms with van der Waals surface area (Å²) in [5, 5.41) is 0. The molecule has 5 unspecified atom stereocenters. The molecule has 0 saturated heterocycles. The second kappa shape index (κ2) is 3.78. The summed E-state index contributed by atoms with van der Waals surface area (Å²) in [5.41, 5.74) is 6.36. The smallest absolute Gasteiger partial charge is 0.128 e. The predicted octanol–water partition coefficient (Wildman–Crippen LogP) is 3.57. The fourth-order valence-corrected chi connectivity index (χ4v) is 5.35. The average Bonchev–Trinajstić information content (AvgIpc) is 3.02. The van der Waals surface area contributed by atoms with Crippen molar-refractivity contribution in [2.75, 3.05) is 0 Å². The summed E-state index contributed by atoms with van der Waals surface area (Å²) in [4.78, 5) is 0. The summed E-state index contributed by atoms with van der Waals surface area (Å²) in [5.74, 6) is 1.70. The number of nitrogens with two attached hydrogens (primary N) is 1. The van der Waals surface area contributed by atoms with Crippen LogP contribution in [0.3, 0.4) is 0 Å². The van der Waals surface area contributed by atoms with Crippen molar-refractivity contribution in [1.82, 2.24) is 0 Å². The first kappa shape index (κ1) is 11.8. The van der Waals surface area contributed by atoms with Crippen LogP contribution in [0.2, 0.25) is 0 Å². The van der Waals surface area contributed by atoms with E-state index in [0.29, 0.717) is 23.3 Å². The Balaban J connectivity index is 1.77. The van der Waals surface area contributed by atoms with Crippen LogP contribution in [-0.4, -0.2) is 0 Å². The molecule has 1 aromatic rings. The highest BCUT2D eigenvalue weighted by Gasteiger charge is 2.60. The Kier molecular flexibility index (Phi) is 2.36. The normalized spacial score (nSPS) is 43.7. The van der Waals surface area contributed by atoms with Gasteiger partial charge in [-0.15, -0.1) is 0 Å². The minimum atomic E-state index is -0.637. The number of hydrogen-bond donors (Lipinski definition) is 1. The lowest BCUT2D eigenvalue weighted by Gasteiger charge is -2.40. The van der Waals surface area contributed by atoms with Crippen LogP contribution in [0.1, 0.15) is 37.7 Å². The van der Waals surface area contributed by atoms with Gasteiger partial charge in [0.05, 0.1) is 0 Å². The van der Waals surface area contributed by atoms with Crippen LogP contribution in [0.25, 0.3) is 0 Å². The number of halogens is 2. The van der Waals surface area contributed by atoms with Crippen LogP contribution in [0.5, 0.6) is 0 Å². The van der Waals surface area contributed by atoms with Gasteiger partial charge >= 0.3 is 0 Å². The van der Waals surface area contributed by atoms with Gasteiger partial charge in [-0.3, -0.25) is 0 Å². The highest BCUT2D eigenvalue weighted by molar-refractivity contribution is 5.31. The monoisotopic (exact) mass is 263 g/mol. The summed E-state index contributed by atoms with van der Waals surface area (Å²) in [6.07, 6.45) is 5.76. The SMILES string of the molecule is NC1(c2cc(F)ccc2F)CC2CC1C1CCCC21. The van der Waals surface area contributed by atoms with Gasteiger partial charge in [0.25, 0.3) is 0 Å². The third kappa shape index (κ3) is 1.48. The molecule has 3 aliphatic rings. The molecule has 2 N–H and O–H groups in total. The molecule has 0 radical (unpaired) electrons. The van der Waals surface area contributed by atoms with Gasteiger partial charge in [0.2, 0.25) is 0 Å². The van der Waals surface area contributed by atoms with E-state index in [2.05, 4.69) is 0 Å². The first-order valence-corrected chi connectivity index (χ1v) is 7.34. The third-order valence-corrected chi connectivity index (χ3v) is 6.00. The average molecular weight is 263 g/mol. The molecule has 3 saturated carbocycles. The van der Waals surface area contributed by atoms with Crippen LogP contribution in [0, 0.1) is 35.3 Å². The number of fused-ring (bicyclic) bond motifs is 5. The first-order chi connectivity index (χ1) is 9.09. The summed E-state index contributed by atoms with van der Waals surface area (Å²) >= 11 is 0. The van der Waals surface area contributed by atoms with Crippen LogP contribution < -0.4 is 5.73 Å². The van der Waals surface area contributed by atoms with Gasteiger partial charge in [-0.1, -0.05) is 6.42 Å². The largest absolute Gasteiger partial charge is 0.321 e. The van der Waals surface area contributed by atoms with E-state index in [9.17, 15) is 8.78 Å². The molecule has 102 valence electrons. The van der Waals surface area contributed by atoms with Gasteiger partial charge in [0.1, 0.15) is 11.6 Å². The van der Waals surface area contributed by atoms with Crippen molar-refractivity contribution >= 4 is 0 Å². The topological polar surface area (TPSA) is 26.0 Å². The van der Waals surface area contributed by atoms with Crippen molar-refractivity contribution in [1.29, 1.82) is 0 Å². The van der Waals surface area contributed by atoms with E-state index < -0.39 is 5.54 Å². The molecule has 3 aliphatic carbocycles. The number of hydrogen-bond acceptors (Lipinski definition) is 1. The summed E-state index contributed by atoms with van der Waals surface area (Å²) < 4.78 is 27.5. The molecule has 0 aliphatic heterocycles. The second-order valence-corrected chi connectivity index (χ2v) is 6.73. The van der Waals surface area contributed by atoms with E-state index >= 15 is 0 Å². The summed E-state index contributed by atoms with van der Waals surface area (Å²) in [6.45, 7) is 0. The fraction of sp³-hybridized carbons (Fsp3) is 0.625. The molecule has 4 rings (SSSR count). The number of benzene rings is 1. The maximum atomic E-state index is 14.1. The molecular weight excluding hydrogens is 244 g/mol. The highest BCUT2D eigenvalue weighted by atomic mass is 19.1. The summed E-state index contributed by atoms with van der Waals surface area (Å²) in [6, 6.07) is 3.71. The second-order valence-electron chi connectivity index (χ2n) is 6.73. The molecule has 0 aromatic heterocycles. The van der Waals surface area contributed by atoms with Crippen molar-refractivity contribution in [3.05, 3.63) is 35.4 Å². The van der Waals surface area contributed by atoms with E-state index in [0.717, 1.165) is 18.8 Å². The minimum Gasteiger partial charge on any atom is -0.321 e. The van der Waals surface area contributed by atoms with E-state index in [1.54, 1.807) is 0 Å². The highest BCUT2D eigenvalue weighted by Crippen LogP contribution is 2.64. The fourth-order valence-electron chi connectivity index (χ4n) is 5.35. The molecule has 1 aromatic carbocycles. The molecule has 3 fully saturated rings. The maximum Gasteiger partial charge on any atom is 0.128 e. The lowest BCUT2D eigenvalue weighted by molar-refractivity contribution is 0.153. The van der Waals surface area contributed by atoms with Gasteiger partial charge in [0, 0.05) is 11.1 Å². The Morgan fingerprint density at radius 3 is 2.79 bits per heavy atom. The van der Waals surface area contributed by atoms with Crippen molar-refractivity contribution in [3.8, 4) is 0 Å². The van der Waals surface area contributed by atoms with Crippen LogP contribution >= 0.6 is 0 Å². The molecule has 0 amide bonds. The molecule has 2 bridgehead atoms. The Morgan fingerprint density at radius 1 is 1.16 bits per heavy atom. The predicted molar refractivity (Wildman–Crippen MR) is 69.3 cm³/mol. The van der Waals surface area contributed by atoms with E-state index in [-0.39, 0.29) is 11.6 Å². The quantitative estimate of drug-likeness (QED) is 0.823. The molecule has 5 atom stereocenters. The van der Waals surface area contributed by atoms with E-state index in [4.69, 9.17) is 5.73 Å². The Labute approximate surface area is 112 Å². The lowest BCUT2D eigenvalue weighted by atomic mass is 9.68. The van der Waals surface area contributed by atoms with Gasteiger partial charge < -0.3 is 5.73 Å². The van der Waals surface area contributed by atoms with E-state index in [1.807, 2.05) is 0 Å². The Bertz CT molecular complexity index is 529. The molecule has 0 spiro atoms. The third-order valence-electron chi connectivity index (χ3n) is 6.00. The van der Waals surface area contributed by atoms with E-state index in [1.165, 1.54) is 37.5 Å². The molecule has 0 heterocycles. The van der Waals surface area contributed by atoms with Crippen LogP contribution in [0.4, 0.5) is 8.78 Å². The molecule has 19 heavy (non-hydrogen) atoms. The molecular formula is C16H19F2N. The van der Waals surface area contributed by atoms with Crippen molar-refractivity contribution < 1.29 is 8.78 Å². The van der Waals surface area contributed by atoms with Crippen LogP contribution in [0.15, 0.2) is 18.2 Å². The van der Waals surface area contributed by atoms with Gasteiger partial charge in [0.15, 0.2) is 0 Å². The van der Waals surface area contributed by atoms with Crippen molar-refractivity contribution in [2.24, 2.45) is 29.4 Å². The zero-order chi connectivity index (χ0) is 13.2. The van der Waals surface area contributed by atoms with Crippen LogP contribution in [-0.2, 0) is 5.54 Å². The Morgan fingerprint density at radius 2 is 1.95 bits per heavy atom. The molecule has 1 nitrogen and oxygen atoms in total. The zero-order valence-corrected chi connectivity index (χ0v) is 10.9. The number of rotatable bonds is 1. The standard InChI is InChI=1S/C16H19F2N/c17-10-4-5-15(18)14(7-10)16(19)8-9-6-13(16)12-3-1-2-11(9)12/h4-5,7,9,11-13H,1-3,6,8,19H2. The van der Waals surface area contributed by atoms with Gasteiger partial charge in [-0.05, 0) is 67.6 Å². The minimum absolute atomic E-state index is 0.342. The maximum absolute atomic E-state index is 14.1. The van der Waals surface area contributed by atoms with Gasteiger partial charge in [-0.2, -0.15) is 0 Å². The Hall–Kier alpha value is -0.960. The van der Waals surface area contributed by atoms with Gasteiger partial charge in [-0.25, -0.2) is 8.78 Å². The zero-order valence-electron chi connectivity index (χ0n) is 10.9. The first-order valence-electron chi connectivity index (χ1n) is 7.34. The van der Waals surface area contributed by atoms with Crippen molar-refractivity contribution in [3.63, 3.8) is 0 Å². The van der Waals surface area contributed by atoms with Crippen molar-refractivity contribution in [2.45, 2.75) is 37.6 Å². The lowest BCUT2D eigenvalue weighted by Crippen LogP contribution is -2.47.